The molecule has 0 aliphatic rings. The maximum Gasteiger partial charge on any atom is 0.185 e. The summed E-state index contributed by atoms with van der Waals surface area (Å²) in [5.41, 5.74) is 3.70. The van der Waals surface area contributed by atoms with Gasteiger partial charge in [-0.15, -0.1) is 17.9 Å². The van der Waals surface area contributed by atoms with Crippen molar-refractivity contribution in [3.63, 3.8) is 0 Å². The molecule has 2 aromatic carbocycles. The highest BCUT2D eigenvalue weighted by molar-refractivity contribution is 7.07. The maximum atomic E-state index is 4.63. The SMILES string of the molecule is C=CCN=c1scc(-c2ccccc2)n1Cc1ccccc1. The van der Waals surface area contributed by atoms with Crippen LogP contribution in [0.3, 0.4) is 0 Å². The number of nitrogens with zero attached hydrogens (tertiary/aromatic N) is 2. The number of hydrogen-bond acceptors (Lipinski definition) is 2. The van der Waals surface area contributed by atoms with Gasteiger partial charge in [-0.3, -0.25) is 4.99 Å². The van der Waals surface area contributed by atoms with Crippen molar-refractivity contribution >= 4 is 11.3 Å². The normalized spacial score (nSPS) is 11.5. The van der Waals surface area contributed by atoms with Crippen LogP contribution in [0.15, 0.2) is 83.7 Å². The largest absolute Gasteiger partial charge is 0.312 e. The van der Waals surface area contributed by atoms with E-state index in [1.807, 2.05) is 18.2 Å². The first kappa shape index (κ1) is 14.5. The molecule has 22 heavy (non-hydrogen) atoms. The molecule has 3 heteroatoms. The average Bonchev–Trinajstić information content (AvgIpc) is 2.97. The zero-order valence-electron chi connectivity index (χ0n) is 12.4. The Labute approximate surface area is 134 Å². The lowest BCUT2D eigenvalue weighted by Gasteiger charge is -2.09. The molecule has 0 N–H and O–H groups in total. The lowest BCUT2D eigenvalue weighted by molar-refractivity contribution is 0.770. The van der Waals surface area contributed by atoms with E-state index in [0.717, 1.165) is 11.3 Å². The van der Waals surface area contributed by atoms with Crippen LogP contribution in [-0.2, 0) is 6.54 Å². The van der Waals surface area contributed by atoms with Gasteiger partial charge in [0.05, 0.1) is 18.8 Å². The molecule has 0 unspecified atom stereocenters. The van der Waals surface area contributed by atoms with Gasteiger partial charge in [0.1, 0.15) is 0 Å². The summed E-state index contributed by atoms with van der Waals surface area (Å²) in [5, 5.41) is 2.18. The minimum absolute atomic E-state index is 0.642. The number of hydrogen-bond donors (Lipinski definition) is 0. The molecular weight excluding hydrogens is 288 g/mol. The molecule has 1 aromatic heterocycles. The maximum absolute atomic E-state index is 4.63. The predicted octanol–water partition coefficient (Wildman–Crippen LogP) is 4.35. The molecule has 0 saturated heterocycles. The third-order valence-corrected chi connectivity index (χ3v) is 4.31. The van der Waals surface area contributed by atoms with Crippen LogP contribution < -0.4 is 4.80 Å². The van der Waals surface area contributed by atoms with Gasteiger partial charge >= 0.3 is 0 Å². The van der Waals surface area contributed by atoms with E-state index in [1.54, 1.807) is 11.3 Å². The zero-order valence-corrected chi connectivity index (χ0v) is 13.2. The molecule has 0 saturated carbocycles. The Morgan fingerprint density at radius 3 is 2.36 bits per heavy atom. The second-order valence-corrected chi connectivity index (χ2v) is 5.81. The molecule has 110 valence electrons. The number of benzene rings is 2. The molecule has 0 fully saturated rings. The Hall–Kier alpha value is -2.39. The van der Waals surface area contributed by atoms with Crippen molar-refractivity contribution in [1.29, 1.82) is 0 Å². The van der Waals surface area contributed by atoms with E-state index in [-0.39, 0.29) is 0 Å². The van der Waals surface area contributed by atoms with E-state index in [4.69, 9.17) is 0 Å². The lowest BCUT2D eigenvalue weighted by Crippen LogP contribution is -2.17. The van der Waals surface area contributed by atoms with E-state index in [1.165, 1.54) is 16.8 Å². The average molecular weight is 306 g/mol. The van der Waals surface area contributed by atoms with E-state index >= 15 is 0 Å². The number of thiazole rings is 1. The fourth-order valence-corrected chi connectivity index (χ4v) is 3.28. The summed E-state index contributed by atoms with van der Waals surface area (Å²) in [6.07, 6.45) is 1.83. The molecule has 1 heterocycles. The van der Waals surface area contributed by atoms with E-state index in [2.05, 4.69) is 70.0 Å². The number of aromatic nitrogens is 1. The lowest BCUT2D eigenvalue weighted by atomic mass is 10.1. The highest BCUT2D eigenvalue weighted by atomic mass is 32.1. The van der Waals surface area contributed by atoms with Gasteiger partial charge in [0.2, 0.25) is 0 Å². The molecule has 3 rings (SSSR count). The van der Waals surface area contributed by atoms with Crippen LogP contribution >= 0.6 is 11.3 Å². The fraction of sp³-hybridized carbons (Fsp3) is 0.105. The van der Waals surface area contributed by atoms with E-state index in [9.17, 15) is 0 Å². The first-order chi connectivity index (χ1) is 10.9. The molecule has 0 atom stereocenters. The van der Waals surface area contributed by atoms with Crippen LogP contribution in [0, 0.1) is 0 Å². The molecule has 0 aliphatic carbocycles. The van der Waals surface area contributed by atoms with Crippen molar-refractivity contribution in [1.82, 2.24) is 4.57 Å². The first-order valence-corrected chi connectivity index (χ1v) is 8.15. The van der Waals surface area contributed by atoms with E-state index in [0.29, 0.717) is 6.54 Å². The summed E-state index contributed by atoms with van der Waals surface area (Å²) < 4.78 is 2.28. The van der Waals surface area contributed by atoms with E-state index < -0.39 is 0 Å². The number of rotatable bonds is 5. The summed E-state index contributed by atoms with van der Waals surface area (Å²) in [4.78, 5) is 5.66. The van der Waals surface area contributed by atoms with Crippen molar-refractivity contribution < 1.29 is 0 Å². The topological polar surface area (TPSA) is 17.3 Å². The smallest absolute Gasteiger partial charge is 0.185 e. The standard InChI is InChI=1S/C19H18N2S/c1-2-13-20-19-21(14-16-9-5-3-6-10-16)18(15-22-19)17-11-7-4-8-12-17/h2-12,15H,1,13-14H2. The van der Waals surface area contributed by atoms with Crippen LogP contribution in [0.4, 0.5) is 0 Å². The monoisotopic (exact) mass is 306 g/mol. The molecule has 3 aromatic rings. The van der Waals surface area contributed by atoms with Crippen LogP contribution in [0.5, 0.6) is 0 Å². The second kappa shape index (κ2) is 7.05. The van der Waals surface area contributed by atoms with Crippen LogP contribution in [0.2, 0.25) is 0 Å². The van der Waals surface area contributed by atoms with Gasteiger partial charge in [0.15, 0.2) is 4.80 Å². The third-order valence-electron chi connectivity index (χ3n) is 3.41. The Balaban J connectivity index is 2.07. The van der Waals surface area contributed by atoms with Gasteiger partial charge in [-0.2, -0.15) is 0 Å². The van der Waals surface area contributed by atoms with Crippen LogP contribution in [-0.4, -0.2) is 11.1 Å². The molecule has 2 nitrogen and oxygen atoms in total. The summed E-state index contributed by atoms with van der Waals surface area (Å²) in [6, 6.07) is 21.0. The molecule has 0 radical (unpaired) electrons. The second-order valence-electron chi connectivity index (χ2n) is 4.97. The summed E-state index contributed by atoms with van der Waals surface area (Å²) in [7, 11) is 0. The van der Waals surface area contributed by atoms with Gasteiger partial charge in [0.25, 0.3) is 0 Å². The minimum Gasteiger partial charge on any atom is -0.312 e. The van der Waals surface area contributed by atoms with Gasteiger partial charge in [0, 0.05) is 5.38 Å². The van der Waals surface area contributed by atoms with Gasteiger partial charge in [-0.25, -0.2) is 0 Å². The van der Waals surface area contributed by atoms with Gasteiger partial charge in [-0.1, -0.05) is 66.7 Å². The molecule has 0 spiro atoms. The zero-order chi connectivity index (χ0) is 15.2. The molecule has 0 aliphatic heterocycles. The van der Waals surface area contributed by atoms with Crippen molar-refractivity contribution in [3.8, 4) is 11.3 Å². The molecular formula is C19H18N2S. The third kappa shape index (κ3) is 3.26. The van der Waals surface area contributed by atoms with Crippen molar-refractivity contribution in [3.05, 3.63) is 89.1 Å². The highest BCUT2D eigenvalue weighted by Crippen LogP contribution is 2.20. The van der Waals surface area contributed by atoms with Crippen LogP contribution in [0.1, 0.15) is 5.56 Å². The Kier molecular flexibility index (Phi) is 4.66. The summed E-state index contributed by atoms with van der Waals surface area (Å²) >= 11 is 1.68. The Bertz CT molecular complexity index is 798. The van der Waals surface area contributed by atoms with Crippen molar-refractivity contribution in [2.45, 2.75) is 6.54 Å². The summed E-state index contributed by atoms with van der Waals surface area (Å²) in [5.74, 6) is 0. The van der Waals surface area contributed by atoms with Crippen molar-refractivity contribution in [2.24, 2.45) is 4.99 Å². The van der Waals surface area contributed by atoms with Crippen molar-refractivity contribution in [2.75, 3.05) is 6.54 Å². The molecule has 0 bridgehead atoms. The first-order valence-electron chi connectivity index (χ1n) is 7.27. The summed E-state index contributed by atoms with van der Waals surface area (Å²) in [6.45, 7) is 5.22. The molecule has 0 amide bonds. The van der Waals surface area contributed by atoms with Gasteiger partial charge < -0.3 is 4.57 Å². The fourth-order valence-electron chi connectivity index (χ4n) is 2.36. The highest BCUT2D eigenvalue weighted by Gasteiger charge is 2.08. The minimum atomic E-state index is 0.642. The quantitative estimate of drug-likeness (QED) is 0.624. The Morgan fingerprint density at radius 1 is 1.00 bits per heavy atom. The van der Waals surface area contributed by atoms with Gasteiger partial charge in [-0.05, 0) is 11.1 Å². The van der Waals surface area contributed by atoms with Crippen LogP contribution in [0.25, 0.3) is 11.3 Å². The Morgan fingerprint density at radius 2 is 1.68 bits per heavy atom. The predicted molar refractivity (Wildman–Crippen MR) is 93.9 cm³/mol.